The zero-order valence-corrected chi connectivity index (χ0v) is 14.2. The van der Waals surface area contributed by atoms with Crippen LogP contribution in [0.25, 0.3) is 11.0 Å². The molecule has 114 valence electrons. The summed E-state index contributed by atoms with van der Waals surface area (Å²) in [5, 5.41) is 6.09. The third kappa shape index (κ3) is 3.63. The molecule has 4 nitrogen and oxygen atoms in total. The molecule has 0 saturated carbocycles. The second-order valence-electron chi connectivity index (χ2n) is 4.76. The number of carbonyl (C=O) groups is 1. The molecule has 7 heteroatoms. The zero-order valence-electron chi connectivity index (χ0n) is 11.8. The molecule has 2 aromatic heterocycles. The molecule has 1 atom stereocenters. The second-order valence-corrected chi connectivity index (χ2v) is 7.56. The van der Waals surface area contributed by atoms with Crippen molar-refractivity contribution in [2.75, 3.05) is 0 Å². The fourth-order valence-corrected chi connectivity index (χ4v) is 3.63. The van der Waals surface area contributed by atoms with Crippen molar-refractivity contribution in [1.29, 1.82) is 0 Å². The fourth-order valence-electron chi connectivity index (χ4n) is 1.97. The van der Waals surface area contributed by atoms with Gasteiger partial charge in [-0.25, -0.2) is 4.98 Å². The van der Waals surface area contributed by atoms with Gasteiger partial charge in [0.15, 0.2) is 5.16 Å². The quantitative estimate of drug-likeness (QED) is 0.681. The standard InChI is InChI=1S/C15H14ClN3OS2/c1-9(14(20)17-8-11-3-2-6-21-11)22-15-18-12-5-4-10(16)7-13(12)19-15/h2-7,9H,8H2,1H3,(H,17,20)(H,18,19). The maximum Gasteiger partial charge on any atom is 0.233 e. The first-order chi connectivity index (χ1) is 10.6. The monoisotopic (exact) mass is 351 g/mol. The van der Waals surface area contributed by atoms with Gasteiger partial charge in [0, 0.05) is 9.90 Å². The average Bonchev–Trinajstić information content (AvgIpc) is 3.12. The molecule has 1 amide bonds. The van der Waals surface area contributed by atoms with Crippen LogP contribution in [0.1, 0.15) is 11.8 Å². The molecule has 0 bridgehead atoms. The number of imidazole rings is 1. The number of H-pyrrole nitrogens is 1. The van der Waals surface area contributed by atoms with Gasteiger partial charge in [-0.2, -0.15) is 0 Å². The summed E-state index contributed by atoms with van der Waals surface area (Å²) in [7, 11) is 0. The second kappa shape index (κ2) is 6.73. The Morgan fingerprint density at radius 3 is 3.14 bits per heavy atom. The van der Waals surface area contributed by atoms with E-state index in [1.165, 1.54) is 11.8 Å². The van der Waals surface area contributed by atoms with E-state index in [-0.39, 0.29) is 11.2 Å². The molecule has 0 spiro atoms. The number of halogens is 1. The highest BCUT2D eigenvalue weighted by Gasteiger charge is 2.16. The summed E-state index contributed by atoms with van der Waals surface area (Å²) in [6.45, 7) is 2.44. The zero-order chi connectivity index (χ0) is 15.5. The predicted molar refractivity (Wildman–Crippen MR) is 92.6 cm³/mol. The summed E-state index contributed by atoms with van der Waals surface area (Å²) < 4.78 is 0. The summed E-state index contributed by atoms with van der Waals surface area (Å²) in [4.78, 5) is 20.9. The van der Waals surface area contributed by atoms with E-state index in [1.807, 2.05) is 36.6 Å². The fraction of sp³-hybridized carbons (Fsp3) is 0.200. The molecule has 1 aromatic carbocycles. The molecule has 2 heterocycles. The van der Waals surface area contributed by atoms with Crippen molar-refractivity contribution in [1.82, 2.24) is 15.3 Å². The van der Waals surface area contributed by atoms with E-state index in [0.29, 0.717) is 11.6 Å². The first kappa shape index (κ1) is 15.4. The Hall–Kier alpha value is -1.50. The van der Waals surface area contributed by atoms with E-state index in [4.69, 9.17) is 11.6 Å². The summed E-state index contributed by atoms with van der Waals surface area (Å²) in [6.07, 6.45) is 0. The Bertz CT molecular complexity index is 785. The lowest BCUT2D eigenvalue weighted by molar-refractivity contribution is -0.120. The Balaban J connectivity index is 1.61. The minimum atomic E-state index is -0.226. The number of rotatable bonds is 5. The Kier molecular flexibility index (Phi) is 4.71. The topological polar surface area (TPSA) is 57.8 Å². The van der Waals surface area contributed by atoms with Crippen molar-refractivity contribution in [3.63, 3.8) is 0 Å². The van der Waals surface area contributed by atoms with Gasteiger partial charge in [-0.05, 0) is 36.6 Å². The van der Waals surface area contributed by atoms with E-state index in [1.54, 1.807) is 17.4 Å². The minimum absolute atomic E-state index is 0.00288. The smallest absolute Gasteiger partial charge is 0.233 e. The Labute approximate surface area is 141 Å². The van der Waals surface area contributed by atoms with Crippen LogP contribution in [0.15, 0.2) is 40.9 Å². The SMILES string of the molecule is CC(Sc1nc2ccc(Cl)cc2[nH]1)C(=O)NCc1cccs1. The number of thioether (sulfide) groups is 1. The van der Waals surface area contributed by atoms with Gasteiger partial charge >= 0.3 is 0 Å². The molecule has 0 saturated heterocycles. The molecule has 0 radical (unpaired) electrons. The molecule has 1 unspecified atom stereocenters. The number of thiophene rings is 1. The van der Waals surface area contributed by atoms with Crippen LogP contribution >= 0.6 is 34.7 Å². The third-order valence-corrected chi connectivity index (χ3v) is 5.19. The summed E-state index contributed by atoms with van der Waals surface area (Å²) >= 11 is 8.99. The van der Waals surface area contributed by atoms with Crippen molar-refractivity contribution in [3.05, 3.63) is 45.6 Å². The molecule has 22 heavy (non-hydrogen) atoms. The highest BCUT2D eigenvalue weighted by molar-refractivity contribution is 8.00. The average molecular weight is 352 g/mol. The van der Waals surface area contributed by atoms with Crippen LogP contribution < -0.4 is 5.32 Å². The van der Waals surface area contributed by atoms with Crippen LogP contribution in [0.4, 0.5) is 0 Å². The molecule has 0 fully saturated rings. The number of benzene rings is 1. The van der Waals surface area contributed by atoms with E-state index >= 15 is 0 Å². The number of nitrogens with one attached hydrogen (secondary N) is 2. The summed E-state index contributed by atoms with van der Waals surface area (Å²) in [6, 6.07) is 9.47. The van der Waals surface area contributed by atoms with Crippen molar-refractivity contribution < 1.29 is 4.79 Å². The molecular formula is C15H14ClN3OS2. The normalized spacial score (nSPS) is 12.5. The van der Waals surface area contributed by atoms with Crippen LogP contribution in [-0.4, -0.2) is 21.1 Å². The van der Waals surface area contributed by atoms with Gasteiger partial charge in [-0.1, -0.05) is 29.4 Å². The van der Waals surface area contributed by atoms with Gasteiger partial charge in [0.25, 0.3) is 0 Å². The molecule has 3 rings (SSSR count). The first-order valence-electron chi connectivity index (χ1n) is 6.74. The number of amides is 1. The van der Waals surface area contributed by atoms with Crippen molar-refractivity contribution in [2.24, 2.45) is 0 Å². The molecule has 3 aromatic rings. The van der Waals surface area contributed by atoms with E-state index in [0.717, 1.165) is 21.1 Å². The maximum atomic E-state index is 12.1. The van der Waals surface area contributed by atoms with Crippen LogP contribution in [0, 0.1) is 0 Å². The first-order valence-corrected chi connectivity index (χ1v) is 8.87. The van der Waals surface area contributed by atoms with Crippen molar-refractivity contribution in [3.8, 4) is 0 Å². The van der Waals surface area contributed by atoms with E-state index < -0.39 is 0 Å². The third-order valence-electron chi connectivity index (χ3n) is 3.10. The maximum absolute atomic E-state index is 12.1. The number of aromatic nitrogens is 2. The van der Waals surface area contributed by atoms with Gasteiger partial charge in [0.1, 0.15) is 0 Å². The lowest BCUT2D eigenvalue weighted by Gasteiger charge is -2.09. The lowest BCUT2D eigenvalue weighted by Crippen LogP contribution is -2.30. The van der Waals surface area contributed by atoms with Gasteiger partial charge in [-0.3, -0.25) is 4.79 Å². The molecule has 0 aliphatic carbocycles. The van der Waals surface area contributed by atoms with Crippen LogP contribution in [0.3, 0.4) is 0 Å². The number of aromatic amines is 1. The summed E-state index contributed by atoms with van der Waals surface area (Å²) in [5.74, 6) is -0.00288. The van der Waals surface area contributed by atoms with Gasteiger partial charge in [0.05, 0.1) is 22.8 Å². The lowest BCUT2D eigenvalue weighted by atomic mass is 10.3. The van der Waals surface area contributed by atoms with Crippen molar-refractivity contribution in [2.45, 2.75) is 23.9 Å². The highest BCUT2D eigenvalue weighted by atomic mass is 35.5. The van der Waals surface area contributed by atoms with E-state index in [2.05, 4.69) is 15.3 Å². The number of hydrogen-bond donors (Lipinski definition) is 2. The van der Waals surface area contributed by atoms with Crippen LogP contribution in [0.2, 0.25) is 5.02 Å². The molecule has 0 aliphatic heterocycles. The van der Waals surface area contributed by atoms with Crippen molar-refractivity contribution >= 4 is 51.6 Å². The number of hydrogen-bond acceptors (Lipinski definition) is 4. The highest BCUT2D eigenvalue weighted by Crippen LogP contribution is 2.25. The number of nitrogens with zero attached hydrogens (tertiary/aromatic N) is 1. The molecule has 2 N–H and O–H groups in total. The van der Waals surface area contributed by atoms with Crippen LogP contribution in [0.5, 0.6) is 0 Å². The van der Waals surface area contributed by atoms with Gasteiger partial charge in [0.2, 0.25) is 5.91 Å². The molecule has 0 aliphatic rings. The molecular weight excluding hydrogens is 338 g/mol. The summed E-state index contributed by atoms with van der Waals surface area (Å²) in [5.41, 5.74) is 1.72. The van der Waals surface area contributed by atoms with Gasteiger partial charge in [-0.15, -0.1) is 11.3 Å². The largest absolute Gasteiger partial charge is 0.350 e. The Morgan fingerprint density at radius 2 is 2.36 bits per heavy atom. The predicted octanol–water partition coefficient (Wildman–Crippen LogP) is 4.07. The van der Waals surface area contributed by atoms with Gasteiger partial charge < -0.3 is 10.3 Å². The van der Waals surface area contributed by atoms with E-state index in [9.17, 15) is 4.79 Å². The number of carbonyl (C=O) groups excluding carboxylic acids is 1. The van der Waals surface area contributed by atoms with Crippen LogP contribution in [-0.2, 0) is 11.3 Å². The number of fused-ring (bicyclic) bond motifs is 1. The Morgan fingerprint density at radius 1 is 1.50 bits per heavy atom. The minimum Gasteiger partial charge on any atom is -0.350 e.